The maximum absolute atomic E-state index is 11.6. The van der Waals surface area contributed by atoms with E-state index < -0.39 is 6.09 Å². The van der Waals surface area contributed by atoms with Crippen LogP contribution in [0, 0.1) is 6.92 Å². The molecule has 0 radical (unpaired) electrons. The van der Waals surface area contributed by atoms with E-state index in [0.717, 1.165) is 10.8 Å². The van der Waals surface area contributed by atoms with Crippen molar-refractivity contribution >= 4 is 22.4 Å². The summed E-state index contributed by atoms with van der Waals surface area (Å²) in [4.78, 5) is 12.3. The van der Waals surface area contributed by atoms with Crippen molar-refractivity contribution in [3.05, 3.63) is 41.2 Å². The SMILES string of the molecule is Cc1nnc2sc(CNC(=O)Oc3ccccc3)nn12. The van der Waals surface area contributed by atoms with Gasteiger partial charge in [-0.05, 0) is 19.1 Å². The number of benzene rings is 1. The molecule has 0 aliphatic carbocycles. The lowest BCUT2D eigenvalue weighted by atomic mass is 10.3. The second kappa shape index (κ2) is 5.25. The van der Waals surface area contributed by atoms with E-state index in [-0.39, 0.29) is 0 Å². The van der Waals surface area contributed by atoms with Crippen LogP contribution in [0.15, 0.2) is 30.3 Å². The molecule has 0 spiro atoms. The molecule has 0 aliphatic rings. The molecule has 102 valence electrons. The van der Waals surface area contributed by atoms with Crippen LogP contribution in [0.1, 0.15) is 10.8 Å². The summed E-state index contributed by atoms with van der Waals surface area (Å²) in [6.45, 7) is 2.11. The monoisotopic (exact) mass is 289 g/mol. The van der Waals surface area contributed by atoms with Gasteiger partial charge in [-0.15, -0.1) is 10.2 Å². The third kappa shape index (κ3) is 2.59. The highest BCUT2D eigenvalue weighted by atomic mass is 32.1. The number of rotatable bonds is 3. The summed E-state index contributed by atoms with van der Waals surface area (Å²) in [7, 11) is 0. The number of hydrogen-bond acceptors (Lipinski definition) is 6. The van der Waals surface area contributed by atoms with Crippen molar-refractivity contribution in [2.45, 2.75) is 13.5 Å². The maximum Gasteiger partial charge on any atom is 0.412 e. The Labute approximate surface area is 118 Å². The van der Waals surface area contributed by atoms with E-state index >= 15 is 0 Å². The number of amides is 1. The summed E-state index contributed by atoms with van der Waals surface area (Å²) in [5, 5.41) is 15.5. The first-order valence-electron chi connectivity index (χ1n) is 5.91. The van der Waals surface area contributed by atoms with Crippen molar-refractivity contribution in [3.8, 4) is 5.75 Å². The van der Waals surface area contributed by atoms with Gasteiger partial charge in [0.25, 0.3) is 0 Å². The molecular formula is C12H11N5O2S. The number of nitrogens with one attached hydrogen (secondary N) is 1. The first-order valence-corrected chi connectivity index (χ1v) is 6.72. The standard InChI is InChI=1S/C12H11N5O2S/c1-8-14-15-11-17(8)16-10(20-11)7-13-12(18)19-9-5-3-2-4-6-9/h2-6H,7H2,1H3,(H,13,18). The average molecular weight is 289 g/mol. The predicted molar refractivity (Wildman–Crippen MR) is 72.7 cm³/mol. The van der Waals surface area contributed by atoms with E-state index in [1.165, 1.54) is 11.3 Å². The average Bonchev–Trinajstić information content (AvgIpc) is 3.00. The van der Waals surface area contributed by atoms with E-state index in [1.54, 1.807) is 28.8 Å². The lowest BCUT2D eigenvalue weighted by molar-refractivity contribution is 0.200. The van der Waals surface area contributed by atoms with Crippen molar-refractivity contribution in [2.24, 2.45) is 0 Å². The smallest absolute Gasteiger partial charge is 0.410 e. The Morgan fingerprint density at radius 2 is 2.15 bits per heavy atom. The zero-order valence-electron chi connectivity index (χ0n) is 10.6. The molecular weight excluding hydrogens is 278 g/mol. The van der Waals surface area contributed by atoms with Gasteiger partial charge in [-0.25, -0.2) is 4.79 Å². The minimum absolute atomic E-state index is 0.291. The molecule has 1 aromatic carbocycles. The number of carbonyl (C=O) groups excluding carboxylic acids is 1. The van der Waals surface area contributed by atoms with Crippen LogP contribution >= 0.6 is 11.3 Å². The van der Waals surface area contributed by atoms with Crippen molar-refractivity contribution < 1.29 is 9.53 Å². The van der Waals surface area contributed by atoms with E-state index in [0.29, 0.717) is 17.3 Å². The number of aryl methyl sites for hydroxylation is 1. The molecule has 3 aromatic rings. The molecule has 0 saturated heterocycles. The summed E-state index contributed by atoms with van der Waals surface area (Å²) in [5.74, 6) is 1.22. The van der Waals surface area contributed by atoms with Gasteiger partial charge in [-0.2, -0.15) is 9.61 Å². The van der Waals surface area contributed by atoms with E-state index in [1.807, 2.05) is 13.0 Å². The first kappa shape index (κ1) is 12.5. The second-order valence-electron chi connectivity index (χ2n) is 3.99. The van der Waals surface area contributed by atoms with Crippen molar-refractivity contribution in [1.82, 2.24) is 25.1 Å². The molecule has 0 aliphatic heterocycles. The summed E-state index contributed by atoms with van der Waals surface area (Å²) in [6, 6.07) is 8.88. The minimum atomic E-state index is -0.515. The van der Waals surface area contributed by atoms with Crippen LogP contribution in [0.25, 0.3) is 4.96 Å². The van der Waals surface area contributed by atoms with Crippen LogP contribution < -0.4 is 10.1 Å². The highest BCUT2D eigenvalue weighted by Gasteiger charge is 2.10. The number of para-hydroxylation sites is 1. The summed E-state index contributed by atoms with van der Waals surface area (Å²) < 4.78 is 6.75. The number of fused-ring (bicyclic) bond motifs is 1. The first-order chi connectivity index (χ1) is 9.72. The molecule has 1 N–H and O–H groups in total. The molecule has 0 bridgehead atoms. The molecule has 0 saturated carbocycles. The molecule has 8 heteroatoms. The van der Waals surface area contributed by atoms with Crippen molar-refractivity contribution in [1.29, 1.82) is 0 Å². The highest BCUT2D eigenvalue weighted by Crippen LogP contribution is 2.13. The number of nitrogens with zero attached hydrogens (tertiary/aromatic N) is 4. The van der Waals surface area contributed by atoms with Gasteiger partial charge in [0, 0.05) is 0 Å². The summed E-state index contributed by atoms with van der Waals surface area (Å²) >= 11 is 1.37. The molecule has 20 heavy (non-hydrogen) atoms. The Hall–Kier alpha value is -2.48. The van der Waals surface area contributed by atoms with Gasteiger partial charge in [0.15, 0.2) is 5.82 Å². The summed E-state index contributed by atoms with van der Waals surface area (Å²) in [5.41, 5.74) is 0. The lowest BCUT2D eigenvalue weighted by Gasteiger charge is -2.04. The largest absolute Gasteiger partial charge is 0.412 e. The Morgan fingerprint density at radius 3 is 2.90 bits per heavy atom. The van der Waals surface area contributed by atoms with E-state index in [2.05, 4.69) is 20.6 Å². The molecule has 1 amide bonds. The van der Waals surface area contributed by atoms with Crippen LogP contribution in [-0.2, 0) is 6.54 Å². The third-order valence-corrected chi connectivity index (χ3v) is 3.43. The normalized spacial score (nSPS) is 10.7. The third-order valence-electron chi connectivity index (χ3n) is 2.53. The van der Waals surface area contributed by atoms with Gasteiger partial charge in [-0.1, -0.05) is 29.5 Å². The van der Waals surface area contributed by atoms with E-state index in [9.17, 15) is 4.79 Å². The number of ether oxygens (including phenoxy) is 1. The zero-order chi connectivity index (χ0) is 13.9. The molecule has 0 fully saturated rings. The van der Waals surface area contributed by atoms with E-state index in [4.69, 9.17) is 4.74 Å². The number of carbonyl (C=O) groups is 1. The van der Waals surface area contributed by atoms with Gasteiger partial charge >= 0.3 is 6.09 Å². The van der Waals surface area contributed by atoms with Gasteiger partial charge < -0.3 is 10.1 Å². The molecule has 0 atom stereocenters. The van der Waals surface area contributed by atoms with Crippen LogP contribution in [0.5, 0.6) is 5.75 Å². The Morgan fingerprint density at radius 1 is 1.35 bits per heavy atom. The van der Waals surface area contributed by atoms with Gasteiger partial charge in [0.2, 0.25) is 4.96 Å². The van der Waals surface area contributed by atoms with Crippen LogP contribution in [-0.4, -0.2) is 25.9 Å². The van der Waals surface area contributed by atoms with Crippen molar-refractivity contribution in [2.75, 3.05) is 0 Å². The molecule has 3 rings (SSSR count). The highest BCUT2D eigenvalue weighted by molar-refractivity contribution is 7.16. The predicted octanol–water partition coefficient (Wildman–Crippen LogP) is 1.78. The maximum atomic E-state index is 11.6. The van der Waals surface area contributed by atoms with Crippen LogP contribution in [0.4, 0.5) is 4.79 Å². The number of hydrogen-bond donors (Lipinski definition) is 1. The Balaban J connectivity index is 1.60. The lowest BCUT2D eigenvalue weighted by Crippen LogP contribution is -2.26. The molecule has 2 aromatic heterocycles. The topological polar surface area (TPSA) is 81.4 Å². The Kier molecular flexibility index (Phi) is 3.30. The van der Waals surface area contributed by atoms with Crippen LogP contribution in [0.2, 0.25) is 0 Å². The van der Waals surface area contributed by atoms with Crippen LogP contribution in [0.3, 0.4) is 0 Å². The summed E-state index contributed by atoms with van der Waals surface area (Å²) in [6.07, 6.45) is -0.515. The second-order valence-corrected chi connectivity index (χ2v) is 5.03. The van der Waals surface area contributed by atoms with Gasteiger partial charge in [-0.3, -0.25) is 0 Å². The quantitative estimate of drug-likeness (QED) is 0.795. The van der Waals surface area contributed by atoms with Gasteiger partial charge in [0.05, 0.1) is 6.54 Å². The van der Waals surface area contributed by atoms with Gasteiger partial charge in [0.1, 0.15) is 10.8 Å². The zero-order valence-corrected chi connectivity index (χ0v) is 11.4. The fourth-order valence-corrected chi connectivity index (χ4v) is 2.42. The molecule has 2 heterocycles. The Bertz CT molecular complexity index is 737. The fourth-order valence-electron chi connectivity index (χ4n) is 1.61. The minimum Gasteiger partial charge on any atom is -0.410 e. The van der Waals surface area contributed by atoms with Crippen molar-refractivity contribution in [3.63, 3.8) is 0 Å². The molecule has 0 unspecified atom stereocenters. The molecule has 7 nitrogen and oxygen atoms in total. The fraction of sp³-hybridized carbons (Fsp3) is 0.167. The number of aromatic nitrogens is 4.